The van der Waals surface area contributed by atoms with Crippen LogP contribution in [0.3, 0.4) is 0 Å². The maximum atomic E-state index is 6.60. The first kappa shape index (κ1) is 31.9. The third-order valence-corrected chi connectivity index (χ3v) is 12.3. The summed E-state index contributed by atoms with van der Waals surface area (Å²) in [6, 6.07) is 63.8. The van der Waals surface area contributed by atoms with Crippen molar-refractivity contribution in [3.05, 3.63) is 182 Å². The van der Waals surface area contributed by atoms with E-state index in [4.69, 9.17) is 19.4 Å². The van der Waals surface area contributed by atoms with E-state index in [1.54, 1.807) is 0 Å². The summed E-state index contributed by atoms with van der Waals surface area (Å²) in [6.07, 6.45) is 0. The lowest BCUT2D eigenvalue weighted by atomic mass is 9.98. The van der Waals surface area contributed by atoms with Gasteiger partial charge >= 0.3 is 0 Å². The normalized spacial score (nSPS) is 11.9. The molecule has 0 fully saturated rings. The number of hydrogen-bond acceptors (Lipinski definition) is 5. The van der Waals surface area contributed by atoms with Gasteiger partial charge in [-0.3, -0.25) is 0 Å². The molecule has 12 aromatic rings. The van der Waals surface area contributed by atoms with Crippen LogP contribution in [0.2, 0.25) is 0 Å². The minimum Gasteiger partial charge on any atom is -0.456 e. The number of nitrogens with zero attached hydrogens (tertiary/aromatic N) is 4. The van der Waals surface area contributed by atoms with Crippen molar-refractivity contribution in [1.29, 1.82) is 0 Å². The molecule has 4 aromatic heterocycles. The molecule has 57 heavy (non-hydrogen) atoms. The van der Waals surface area contributed by atoms with E-state index in [0.29, 0.717) is 17.5 Å². The second kappa shape index (κ2) is 12.6. The standard InChI is InChI=1S/C51H30N4OS/c1-3-13-31(14-4-1)49-52-50(32-15-5-2-6-16-32)54-51(53-49)34-26-28-40-45(29-34)56-44-24-12-19-35(47(40)44)33-25-27-38-39-20-11-23-43(48(39)57-46(38)30-33)55-41-21-9-7-17-36(41)37-18-8-10-22-42(37)55/h1-30H. The third-order valence-electron chi connectivity index (χ3n) is 11.1. The summed E-state index contributed by atoms with van der Waals surface area (Å²) in [6.45, 7) is 0. The number of para-hydroxylation sites is 2. The Bertz CT molecular complexity index is 3420. The minimum absolute atomic E-state index is 0.598. The van der Waals surface area contributed by atoms with Crippen LogP contribution in [0.25, 0.3) is 115 Å². The van der Waals surface area contributed by atoms with Crippen LogP contribution in [0.5, 0.6) is 0 Å². The Morgan fingerprint density at radius 3 is 1.68 bits per heavy atom. The maximum absolute atomic E-state index is 6.60. The van der Waals surface area contributed by atoms with Crippen LogP contribution in [0, 0.1) is 0 Å². The van der Waals surface area contributed by atoms with Crippen LogP contribution in [0.4, 0.5) is 0 Å². The largest absolute Gasteiger partial charge is 0.456 e. The smallest absolute Gasteiger partial charge is 0.164 e. The van der Waals surface area contributed by atoms with Crippen molar-refractivity contribution in [2.75, 3.05) is 0 Å². The summed E-state index contributed by atoms with van der Waals surface area (Å²) in [7, 11) is 0. The Hall–Kier alpha value is -7.41. The molecule has 0 radical (unpaired) electrons. The average Bonchev–Trinajstić information content (AvgIpc) is 3.96. The average molecular weight is 747 g/mol. The van der Waals surface area contributed by atoms with Crippen LogP contribution in [0.15, 0.2) is 186 Å². The Labute approximate surface area is 330 Å². The van der Waals surface area contributed by atoms with Crippen LogP contribution in [-0.2, 0) is 0 Å². The molecule has 0 saturated carbocycles. The zero-order valence-electron chi connectivity index (χ0n) is 30.4. The van der Waals surface area contributed by atoms with E-state index in [1.807, 2.05) is 72.0 Å². The lowest BCUT2D eigenvalue weighted by Gasteiger charge is -2.09. The molecule has 0 N–H and O–H groups in total. The monoisotopic (exact) mass is 746 g/mol. The molecule has 6 heteroatoms. The number of fused-ring (bicyclic) bond motifs is 9. The Morgan fingerprint density at radius 2 is 0.982 bits per heavy atom. The highest BCUT2D eigenvalue weighted by Crippen LogP contribution is 2.44. The fourth-order valence-electron chi connectivity index (χ4n) is 8.45. The van der Waals surface area contributed by atoms with E-state index in [1.165, 1.54) is 47.7 Å². The van der Waals surface area contributed by atoms with E-state index >= 15 is 0 Å². The van der Waals surface area contributed by atoms with Gasteiger partial charge in [0.15, 0.2) is 17.5 Å². The predicted molar refractivity (Wildman–Crippen MR) is 236 cm³/mol. The fraction of sp³-hybridized carbons (Fsp3) is 0. The first-order chi connectivity index (χ1) is 28.2. The molecule has 5 nitrogen and oxygen atoms in total. The summed E-state index contributed by atoms with van der Waals surface area (Å²) in [5, 5.41) is 7.21. The molecular formula is C51H30N4OS. The summed E-state index contributed by atoms with van der Waals surface area (Å²) in [5.74, 6) is 1.86. The van der Waals surface area contributed by atoms with E-state index in [0.717, 1.165) is 49.8 Å². The van der Waals surface area contributed by atoms with Gasteiger partial charge in [0.1, 0.15) is 11.2 Å². The molecule has 0 atom stereocenters. The van der Waals surface area contributed by atoms with Crippen molar-refractivity contribution < 1.29 is 4.42 Å². The first-order valence-corrected chi connectivity index (χ1v) is 19.8. The predicted octanol–water partition coefficient (Wildman–Crippen LogP) is 13.9. The highest BCUT2D eigenvalue weighted by atomic mass is 32.1. The van der Waals surface area contributed by atoms with Gasteiger partial charge in [-0.2, -0.15) is 0 Å². The van der Waals surface area contributed by atoms with E-state index in [-0.39, 0.29) is 0 Å². The summed E-state index contributed by atoms with van der Waals surface area (Å²) in [4.78, 5) is 14.8. The van der Waals surface area contributed by atoms with Crippen molar-refractivity contribution in [3.63, 3.8) is 0 Å². The molecule has 4 heterocycles. The molecule has 0 aliphatic carbocycles. The van der Waals surface area contributed by atoms with Gasteiger partial charge in [0, 0.05) is 53.7 Å². The summed E-state index contributed by atoms with van der Waals surface area (Å²) >= 11 is 1.86. The van der Waals surface area contributed by atoms with Crippen molar-refractivity contribution in [2.24, 2.45) is 0 Å². The Morgan fingerprint density at radius 1 is 0.404 bits per heavy atom. The quantitative estimate of drug-likeness (QED) is 0.176. The Balaban J connectivity index is 0.989. The second-order valence-electron chi connectivity index (χ2n) is 14.4. The van der Waals surface area contributed by atoms with E-state index in [9.17, 15) is 0 Å². The summed E-state index contributed by atoms with van der Waals surface area (Å²) < 4.78 is 11.6. The second-order valence-corrected chi connectivity index (χ2v) is 15.4. The number of thiophene rings is 1. The highest BCUT2D eigenvalue weighted by molar-refractivity contribution is 7.26. The minimum atomic E-state index is 0.598. The van der Waals surface area contributed by atoms with E-state index in [2.05, 4.69) is 126 Å². The van der Waals surface area contributed by atoms with Crippen LogP contribution in [0.1, 0.15) is 0 Å². The molecule has 0 unspecified atom stereocenters. The number of rotatable bonds is 5. The topological polar surface area (TPSA) is 56.7 Å². The van der Waals surface area contributed by atoms with Crippen molar-refractivity contribution in [2.45, 2.75) is 0 Å². The molecule has 8 aromatic carbocycles. The fourth-order valence-corrected chi connectivity index (χ4v) is 9.70. The summed E-state index contributed by atoms with van der Waals surface area (Å²) in [5.41, 5.74) is 10.3. The molecule has 0 spiro atoms. The van der Waals surface area contributed by atoms with Gasteiger partial charge in [0.2, 0.25) is 0 Å². The number of benzene rings is 8. The molecular weight excluding hydrogens is 717 g/mol. The zero-order chi connectivity index (χ0) is 37.5. The van der Waals surface area contributed by atoms with Gasteiger partial charge in [-0.15, -0.1) is 11.3 Å². The zero-order valence-corrected chi connectivity index (χ0v) is 31.2. The molecule has 0 aliphatic rings. The van der Waals surface area contributed by atoms with Crippen LogP contribution < -0.4 is 0 Å². The third kappa shape index (κ3) is 5.04. The van der Waals surface area contributed by atoms with Gasteiger partial charge < -0.3 is 8.98 Å². The van der Waals surface area contributed by atoms with Gasteiger partial charge in [0.25, 0.3) is 0 Å². The van der Waals surface area contributed by atoms with Crippen molar-refractivity contribution in [3.8, 4) is 51.0 Å². The number of aromatic nitrogens is 4. The van der Waals surface area contributed by atoms with Crippen molar-refractivity contribution in [1.82, 2.24) is 19.5 Å². The lowest BCUT2D eigenvalue weighted by molar-refractivity contribution is 0.669. The van der Waals surface area contributed by atoms with Crippen LogP contribution in [-0.4, -0.2) is 19.5 Å². The molecule has 0 saturated heterocycles. The van der Waals surface area contributed by atoms with Gasteiger partial charge in [-0.1, -0.05) is 140 Å². The molecule has 0 amide bonds. The molecule has 0 aliphatic heterocycles. The SMILES string of the molecule is c1ccc(-c2nc(-c3ccccc3)nc(-c3ccc4c(c3)oc3cccc(-c5ccc6c(c5)sc5c(-n7c8ccccc8c8ccccc87)cccc56)c34)n2)cc1. The van der Waals surface area contributed by atoms with E-state index < -0.39 is 0 Å². The van der Waals surface area contributed by atoms with Gasteiger partial charge in [-0.05, 0) is 53.6 Å². The van der Waals surface area contributed by atoms with Crippen molar-refractivity contribution >= 4 is 75.3 Å². The lowest BCUT2D eigenvalue weighted by Crippen LogP contribution is -2.00. The van der Waals surface area contributed by atoms with Gasteiger partial charge in [-0.25, -0.2) is 15.0 Å². The van der Waals surface area contributed by atoms with Crippen LogP contribution >= 0.6 is 11.3 Å². The molecule has 266 valence electrons. The highest BCUT2D eigenvalue weighted by Gasteiger charge is 2.19. The molecule has 12 rings (SSSR count). The molecule has 0 bridgehead atoms. The maximum Gasteiger partial charge on any atom is 0.164 e. The Kier molecular flexibility index (Phi) is 7.03. The first-order valence-electron chi connectivity index (χ1n) is 19.0. The van der Waals surface area contributed by atoms with Gasteiger partial charge in [0.05, 0.1) is 21.4 Å². The number of furan rings is 1. The number of hydrogen-bond donors (Lipinski definition) is 0.